The molecular formula is C17H24ClN3O2. The van der Waals surface area contributed by atoms with Crippen LogP contribution in [0.3, 0.4) is 0 Å². The standard InChI is InChI=1S/C17H24ClN3O2/c18-13-4-2-6-15(17(13)21-7-9-23-10-8-21)20-16(22)11-12-3-1-5-14(12)19/h2,4,6,12,14H,1,3,5,7-11,19H2,(H,20,22)/t12-,14+/m0/s1. The summed E-state index contributed by atoms with van der Waals surface area (Å²) in [4.78, 5) is 14.6. The van der Waals surface area contributed by atoms with Crippen LogP contribution in [-0.2, 0) is 9.53 Å². The number of benzene rings is 1. The SMILES string of the molecule is N[C@@H]1CCC[C@H]1CC(=O)Nc1cccc(Cl)c1N1CCOCC1. The van der Waals surface area contributed by atoms with Gasteiger partial charge in [-0.3, -0.25) is 4.79 Å². The Hall–Kier alpha value is -1.30. The van der Waals surface area contributed by atoms with Gasteiger partial charge in [-0.2, -0.15) is 0 Å². The number of para-hydroxylation sites is 1. The minimum absolute atomic E-state index is 0.0177. The lowest BCUT2D eigenvalue weighted by atomic mass is 10.00. The number of carbonyl (C=O) groups is 1. The Labute approximate surface area is 142 Å². The number of nitrogens with one attached hydrogen (secondary N) is 1. The van der Waals surface area contributed by atoms with E-state index in [0.717, 1.165) is 43.7 Å². The molecule has 3 N–H and O–H groups in total. The predicted octanol–water partition coefficient (Wildman–Crippen LogP) is 2.63. The smallest absolute Gasteiger partial charge is 0.224 e. The van der Waals surface area contributed by atoms with Crippen LogP contribution in [0.15, 0.2) is 18.2 Å². The second kappa shape index (κ2) is 7.51. The fourth-order valence-corrected chi connectivity index (χ4v) is 3.78. The first kappa shape index (κ1) is 16.6. The minimum atomic E-state index is 0.0177. The predicted molar refractivity (Wildman–Crippen MR) is 93.0 cm³/mol. The van der Waals surface area contributed by atoms with Gasteiger partial charge in [0.25, 0.3) is 0 Å². The van der Waals surface area contributed by atoms with E-state index in [1.54, 1.807) is 0 Å². The van der Waals surface area contributed by atoms with Gasteiger partial charge in [0.1, 0.15) is 0 Å². The summed E-state index contributed by atoms with van der Waals surface area (Å²) in [6, 6.07) is 5.78. The molecule has 6 heteroatoms. The van der Waals surface area contributed by atoms with Crippen molar-refractivity contribution in [1.29, 1.82) is 0 Å². The van der Waals surface area contributed by atoms with Crippen LogP contribution in [0.4, 0.5) is 11.4 Å². The van der Waals surface area contributed by atoms with Gasteiger partial charge < -0.3 is 20.7 Å². The Morgan fingerprint density at radius 1 is 1.35 bits per heavy atom. The second-order valence-corrected chi connectivity index (χ2v) is 6.75. The van der Waals surface area contributed by atoms with Crippen LogP contribution < -0.4 is 16.0 Å². The molecule has 2 atom stereocenters. The monoisotopic (exact) mass is 337 g/mol. The van der Waals surface area contributed by atoms with E-state index in [0.29, 0.717) is 30.6 Å². The lowest BCUT2D eigenvalue weighted by Gasteiger charge is -2.31. The van der Waals surface area contributed by atoms with Crippen LogP contribution >= 0.6 is 11.6 Å². The minimum Gasteiger partial charge on any atom is -0.378 e. The van der Waals surface area contributed by atoms with Crippen molar-refractivity contribution in [1.82, 2.24) is 0 Å². The van der Waals surface area contributed by atoms with Gasteiger partial charge in [0.15, 0.2) is 0 Å². The Balaban J connectivity index is 1.71. The van der Waals surface area contributed by atoms with E-state index >= 15 is 0 Å². The zero-order chi connectivity index (χ0) is 16.2. The second-order valence-electron chi connectivity index (χ2n) is 6.34. The average Bonchev–Trinajstić information content (AvgIpc) is 2.93. The van der Waals surface area contributed by atoms with Gasteiger partial charge in [0.05, 0.1) is 29.6 Å². The van der Waals surface area contributed by atoms with Crippen molar-refractivity contribution < 1.29 is 9.53 Å². The molecule has 0 aromatic heterocycles. The van der Waals surface area contributed by atoms with Crippen LogP contribution in [0.25, 0.3) is 0 Å². The molecule has 1 saturated heterocycles. The number of rotatable bonds is 4. The summed E-state index contributed by atoms with van der Waals surface area (Å²) in [7, 11) is 0. The Kier molecular flexibility index (Phi) is 5.41. The Bertz CT molecular complexity index is 561. The van der Waals surface area contributed by atoms with E-state index in [1.807, 2.05) is 18.2 Å². The van der Waals surface area contributed by atoms with Gasteiger partial charge in [-0.05, 0) is 30.9 Å². The number of morpholine rings is 1. The van der Waals surface area contributed by atoms with Crippen LogP contribution in [0.2, 0.25) is 5.02 Å². The fraction of sp³-hybridized carbons (Fsp3) is 0.588. The van der Waals surface area contributed by atoms with Crippen LogP contribution in [0, 0.1) is 5.92 Å². The molecular weight excluding hydrogens is 314 g/mol. The number of anilines is 2. The number of ether oxygens (including phenoxy) is 1. The summed E-state index contributed by atoms with van der Waals surface area (Å²) in [5.41, 5.74) is 7.73. The summed E-state index contributed by atoms with van der Waals surface area (Å²) in [5, 5.41) is 3.69. The first-order valence-electron chi connectivity index (χ1n) is 8.32. The van der Waals surface area contributed by atoms with Crippen molar-refractivity contribution in [2.24, 2.45) is 11.7 Å². The topological polar surface area (TPSA) is 67.6 Å². The molecule has 1 aromatic rings. The number of nitrogens with two attached hydrogens (primary N) is 1. The van der Waals surface area contributed by atoms with Gasteiger partial charge in [-0.15, -0.1) is 0 Å². The third kappa shape index (κ3) is 3.97. The summed E-state index contributed by atoms with van der Waals surface area (Å²) in [6.45, 7) is 2.91. The van der Waals surface area contributed by atoms with E-state index < -0.39 is 0 Å². The molecule has 0 unspecified atom stereocenters. The highest BCUT2D eigenvalue weighted by Crippen LogP contribution is 2.35. The van der Waals surface area contributed by atoms with Crippen molar-refractivity contribution in [3.8, 4) is 0 Å². The molecule has 0 spiro atoms. The number of hydrogen-bond donors (Lipinski definition) is 2. The maximum atomic E-state index is 12.4. The Morgan fingerprint density at radius 2 is 2.13 bits per heavy atom. The number of hydrogen-bond acceptors (Lipinski definition) is 4. The van der Waals surface area contributed by atoms with Crippen molar-refractivity contribution in [2.75, 3.05) is 36.5 Å². The van der Waals surface area contributed by atoms with Gasteiger partial charge in [-0.1, -0.05) is 24.1 Å². The molecule has 23 heavy (non-hydrogen) atoms. The van der Waals surface area contributed by atoms with E-state index in [-0.39, 0.29) is 11.9 Å². The zero-order valence-electron chi connectivity index (χ0n) is 13.3. The van der Waals surface area contributed by atoms with Crippen molar-refractivity contribution in [3.63, 3.8) is 0 Å². The van der Waals surface area contributed by atoms with Gasteiger partial charge in [-0.25, -0.2) is 0 Å². The number of halogens is 1. The van der Waals surface area contributed by atoms with E-state index in [1.165, 1.54) is 0 Å². The lowest BCUT2D eigenvalue weighted by molar-refractivity contribution is -0.117. The molecule has 2 aliphatic rings. The van der Waals surface area contributed by atoms with Crippen LogP contribution in [0.1, 0.15) is 25.7 Å². The van der Waals surface area contributed by atoms with E-state index in [9.17, 15) is 4.79 Å². The number of nitrogens with zero attached hydrogens (tertiary/aromatic N) is 1. The molecule has 2 fully saturated rings. The van der Waals surface area contributed by atoms with Gasteiger partial charge >= 0.3 is 0 Å². The quantitative estimate of drug-likeness (QED) is 0.886. The third-order valence-corrected chi connectivity index (χ3v) is 5.06. The molecule has 1 aliphatic heterocycles. The highest BCUT2D eigenvalue weighted by atomic mass is 35.5. The van der Waals surface area contributed by atoms with Gasteiger partial charge in [0, 0.05) is 25.6 Å². The first-order valence-corrected chi connectivity index (χ1v) is 8.69. The third-order valence-electron chi connectivity index (χ3n) is 4.75. The molecule has 1 aliphatic carbocycles. The largest absolute Gasteiger partial charge is 0.378 e. The van der Waals surface area contributed by atoms with Crippen molar-refractivity contribution in [3.05, 3.63) is 23.2 Å². The van der Waals surface area contributed by atoms with E-state index in [2.05, 4.69) is 10.2 Å². The maximum Gasteiger partial charge on any atom is 0.224 e. The summed E-state index contributed by atoms with van der Waals surface area (Å²) in [6.07, 6.45) is 3.67. The summed E-state index contributed by atoms with van der Waals surface area (Å²) >= 11 is 6.39. The number of amides is 1. The average molecular weight is 338 g/mol. The summed E-state index contributed by atoms with van der Waals surface area (Å²) in [5.74, 6) is 0.310. The molecule has 1 heterocycles. The highest BCUT2D eigenvalue weighted by Gasteiger charge is 2.27. The first-order chi connectivity index (χ1) is 11.1. The molecule has 1 saturated carbocycles. The van der Waals surface area contributed by atoms with Gasteiger partial charge in [0.2, 0.25) is 5.91 Å². The molecule has 3 rings (SSSR count). The maximum absolute atomic E-state index is 12.4. The van der Waals surface area contributed by atoms with Crippen molar-refractivity contribution >= 4 is 28.9 Å². The Morgan fingerprint density at radius 3 is 2.83 bits per heavy atom. The number of carbonyl (C=O) groups excluding carboxylic acids is 1. The highest BCUT2D eigenvalue weighted by molar-refractivity contribution is 6.34. The molecule has 0 radical (unpaired) electrons. The molecule has 1 aromatic carbocycles. The van der Waals surface area contributed by atoms with Crippen LogP contribution in [0.5, 0.6) is 0 Å². The van der Waals surface area contributed by atoms with Crippen molar-refractivity contribution in [2.45, 2.75) is 31.7 Å². The summed E-state index contributed by atoms with van der Waals surface area (Å²) < 4.78 is 5.40. The molecule has 5 nitrogen and oxygen atoms in total. The molecule has 126 valence electrons. The fourth-order valence-electron chi connectivity index (χ4n) is 3.48. The van der Waals surface area contributed by atoms with Crippen LogP contribution in [-0.4, -0.2) is 38.3 Å². The molecule has 0 bridgehead atoms. The molecule has 1 amide bonds. The zero-order valence-corrected chi connectivity index (χ0v) is 14.0. The normalized spacial score (nSPS) is 24.7. The lowest BCUT2D eigenvalue weighted by Crippen LogP contribution is -2.37. The van der Waals surface area contributed by atoms with E-state index in [4.69, 9.17) is 22.1 Å².